The number of benzene rings is 2. The number of nitrogens with zero attached hydrogens (tertiary/aromatic N) is 2. The highest BCUT2D eigenvalue weighted by molar-refractivity contribution is 7.89. The molecule has 0 unspecified atom stereocenters. The van der Waals surface area contributed by atoms with E-state index < -0.39 is 10.0 Å². The van der Waals surface area contributed by atoms with E-state index in [-0.39, 0.29) is 4.90 Å². The molecule has 0 aromatic heterocycles. The summed E-state index contributed by atoms with van der Waals surface area (Å²) in [5.74, 6) is 6.25. The van der Waals surface area contributed by atoms with Crippen molar-refractivity contribution in [2.24, 2.45) is 0 Å². The van der Waals surface area contributed by atoms with Crippen LogP contribution in [0.5, 0.6) is 0 Å². The van der Waals surface area contributed by atoms with Crippen LogP contribution in [0.3, 0.4) is 0 Å². The molecule has 0 aliphatic carbocycles. The third-order valence-electron chi connectivity index (χ3n) is 4.74. The lowest BCUT2D eigenvalue weighted by Gasteiger charge is -2.24. The first-order valence-corrected chi connectivity index (χ1v) is 10.9. The van der Waals surface area contributed by atoms with Gasteiger partial charge >= 0.3 is 0 Å². The molecule has 5 heteroatoms. The number of rotatable bonds is 4. The fourth-order valence-electron chi connectivity index (χ4n) is 3.25. The third kappa shape index (κ3) is 4.77. The summed E-state index contributed by atoms with van der Waals surface area (Å²) in [6.45, 7) is 4.20. The van der Waals surface area contributed by atoms with Crippen LogP contribution in [0, 0.1) is 23.2 Å². The zero-order chi connectivity index (χ0) is 20.7. The molecule has 0 bridgehead atoms. The molecule has 0 atom stereocenters. The minimum Gasteiger partial charge on any atom is -0.259 e. The fourth-order valence-corrected chi connectivity index (χ4v) is 4.77. The Morgan fingerprint density at radius 2 is 1.72 bits per heavy atom. The van der Waals surface area contributed by atoms with Crippen LogP contribution >= 0.6 is 0 Å². The molecule has 2 aromatic carbocycles. The van der Waals surface area contributed by atoms with Gasteiger partial charge in [0.25, 0.3) is 10.0 Å². The van der Waals surface area contributed by atoms with E-state index in [9.17, 15) is 8.42 Å². The van der Waals surface area contributed by atoms with E-state index in [1.807, 2.05) is 36.4 Å². The van der Waals surface area contributed by atoms with Gasteiger partial charge in [-0.05, 0) is 73.6 Å². The number of allylic oxidation sites excluding steroid dienone is 3. The van der Waals surface area contributed by atoms with Crippen LogP contribution in [0.1, 0.15) is 36.8 Å². The number of sulfonamides is 1. The van der Waals surface area contributed by atoms with Gasteiger partial charge in [0.15, 0.2) is 0 Å². The normalized spacial score (nSPS) is 14.4. The average Bonchev–Trinajstić information content (AvgIpc) is 2.96. The van der Waals surface area contributed by atoms with E-state index in [1.54, 1.807) is 6.08 Å². The highest BCUT2D eigenvalue weighted by Crippen LogP contribution is 2.29. The van der Waals surface area contributed by atoms with E-state index in [0.29, 0.717) is 24.2 Å². The summed E-state index contributed by atoms with van der Waals surface area (Å²) in [6.07, 6.45) is 4.84. The van der Waals surface area contributed by atoms with E-state index in [2.05, 4.69) is 18.4 Å². The Balaban J connectivity index is 2.10. The van der Waals surface area contributed by atoms with E-state index >= 15 is 0 Å². The lowest BCUT2D eigenvalue weighted by molar-refractivity contribution is 0.480. The second kappa shape index (κ2) is 9.28. The molecule has 0 saturated carbocycles. The first kappa shape index (κ1) is 20.5. The molecular weight excluding hydrogens is 380 g/mol. The van der Waals surface area contributed by atoms with Crippen LogP contribution in [-0.4, -0.2) is 19.3 Å². The second-order valence-corrected chi connectivity index (χ2v) is 8.59. The number of hydrogen-bond donors (Lipinski definition) is 0. The third-order valence-corrected chi connectivity index (χ3v) is 6.55. The molecular formula is C24H22N2O2S. The maximum Gasteiger partial charge on any atom is 0.264 e. The Morgan fingerprint density at radius 1 is 1.00 bits per heavy atom. The maximum absolute atomic E-state index is 13.4. The summed E-state index contributed by atoms with van der Waals surface area (Å²) in [4.78, 5) is 0.162. The molecule has 2 aromatic rings. The molecule has 4 nitrogen and oxygen atoms in total. The Hall–Kier alpha value is -3.28. The van der Waals surface area contributed by atoms with E-state index in [1.165, 1.54) is 28.6 Å². The lowest BCUT2D eigenvalue weighted by atomic mass is 10.0. The minimum atomic E-state index is -3.79. The minimum absolute atomic E-state index is 0.162. The van der Waals surface area contributed by atoms with Gasteiger partial charge in [0.2, 0.25) is 0 Å². The molecule has 0 saturated heterocycles. The van der Waals surface area contributed by atoms with Crippen molar-refractivity contribution in [3.63, 3.8) is 0 Å². The van der Waals surface area contributed by atoms with E-state index in [4.69, 9.17) is 5.26 Å². The summed E-state index contributed by atoms with van der Waals surface area (Å²) in [7, 11) is -3.79. The summed E-state index contributed by atoms with van der Waals surface area (Å²) < 4.78 is 28.3. The van der Waals surface area contributed by atoms with Crippen molar-refractivity contribution in [1.29, 1.82) is 5.26 Å². The highest BCUT2D eigenvalue weighted by Gasteiger charge is 2.29. The molecule has 146 valence electrons. The van der Waals surface area contributed by atoms with Crippen molar-refractivity contribution in [1.82, 2.24) is 4.31 Å². The predicted octanol–water partition coefficient (Wildman–Crippen LogP) is 4.61. The van der Waals surface area contributed by atoms with Gasteiger partial charge in [-0.15, -0.1) is 6.58 Å². The molecule has 0 amide bonds. The Bertz CT molecular complexity index is 1110. The molecule has 1 aliphatic rings. The van der Waals surface area contributed by atoms with Crippen LogP contribution in [-0.2, 0) is 10.0 Å². The van der Waals surface area contributed by atoms with Crippen LogP contribution < -0.4 is 0 Å². The van der Waals surface area contributed by atoms with Gasteiger partial charge in [0.1, 0.15) is 5.70 Å². The lowest BCUT2D eigenvalue weighted by Crippen LogP contribution is -2.31. The summed E-state index contributed by atoms with van der Waals surface area (Å²) in [6, 6.07) is 17.5. The maximum atomic E-state index is 13.4. The smallest absolute Gasteiger partial charge is 0.259 e. The van der Waals surface area contributed by atoms with Gasteiger partial charge < -0.3 is 0 Å². The van der Waals surface area contributed by atoms with Crippen molar-refractivity contribution in [3.05, 3.63) is 89.6 Å². The fraction of sp³-hybridized carbons (Fsp3) is 0.208. The Labute approximate surface area is 172 Å². The zero-order valence-electron chi connectivity index (χ0n) is 16.1. The standard InChI is InChI=1S/C24H22N2O2S/c1-2-8-22-11-6-7-18-26(24(22)17-14-20-9-4-3-5-10-20)29(27,28)23-15-12-21(19-25)13-16-23/h2-5,9-10,12-13,15-16H,1,6-8,11,18H2. The van der Waals surface area contributed by atoms with Crippen LogP contribution in [0.4, 0.5) is 0 Å². The monoisotopic (exact) mass is 402 g/mol. The van der Waals surface area contributed by atoms with Gasteiger partial charge in [-0.3, -0.25) is 4.31 Å². The highest BCUT2D eigenvalue weighted by atomic mass is 32.2. The van der Waals surface area contributed by atoms with Gasteiger partial charge in [0, 0.05) is 12.1 Å². The largest absolute Gasteiger partial charge is 0.264 e. The van der Waals surface area contributed by atoms with Crippen molar-refractivity contribution < 1.29 is 8.42 Å². The molecule has 0 fully saturated rings. The van der Waals surface area contributed by atoms with Gasteiger partial charge in [-0.1, -0.05) is 30.2 Å². The topological polar surface area (TPSA) is 61.2 Å². The predicted molar refractivity (Wildman–Crippen MR) is 114 cm³/mol. The summed E-state index contributed by atoms with van der Waals surface area (Å²) in [5.41, 5.74) is 2.78. The van der Waals surface area contributed by atoms with Crippen molar-refractivity contribution in [3.8, 4) is 17.9 Å². The van der Waals surface area contributed by atoms with Crippen LogP contribution in [0.2, 0.25) is 0 Å². The molecule has 29 heavy (non-hydrogen) atoms. The zero-order valence-corrected chi connectivity index (χ0v) is 17.0. The van der Waals surface area contributed by atoms with Crippen molar-refractivity contribution >= 4 is 10.0 Å². The van der Waals surface area contributed by atoms with Gasteiger partial charge in [0.05, 0.1) is 16.5 Å². The van der Waals surface area contributed by atoms with Gasteiger partial charge in [-0.25, -0.2) is 8.42 Å². The molecule has 0 N–H and O–H groups in total. The first-order valence-electron chi connectivity index (χ1n) is 9.49. The molecule has 3 rings (SSSR count). The van der Waals surface area contributed by atoms with Crippen LogP contribution in [0.15, 0.2) is 83.4 Å². The number of nitriles is 1. The molecule has 0 radical (unpaired) electrons. The van der Waals surface area contributed by atoms with Crippen LogP contribution in [0.25, 0.3) is 0 Å². The number of hydrogen-bond acceptors (Lipinski definition) is 3. The quantitative estimate of drug-likeness (QED) is 0.554. The average molecular weight is 403 g/mol. The van der Waals surface area contributed by atoms with E-state index in [0.717, 1.165) is 30.4 Å². The summed E-state index contributed by atoms with van der Waals surface area (Å²) in [5, 5.41) is 8.99. The van der Waals surface area contributed by atoms with Gasteiger partial charge in [-0.2, -0.15) is 5.26 Å². The molecule has 1 aliphatic heterocycles. The second-order valence-electron chi connectivity index (χ2n) is 6.73. The SMILES string of the molecule is C=CCC1=C(C#Cc2ccccc2)N(S(=O)(=O)c2ccc(C#N)cc2)CCCC1. The van der Waals surface area contributed by atoms with Crippen molar-refractivity contribution in [2.75, 3.05) is 6.54 Å². The summed E-state index contributed by atoms with van der Waals surface area (Å²) >= 11 is 0. The van der Waals surface area contributed by atoms with Crippen molar-refractivity contribution in [2.45, 2.75) is 30.6 Å². The molecule has 1 heterocycles. The Morgan fingerprint density at radius 3 is 2.38 bits per heavy atom. The Kier molecular flexibility index (Phi) is 6.54. The molecule has 0 spiro atoms. The first-order chi connectivity index (χ1) is 14.1.